The highest BCUT2D eigenvalue weighted by molar-refractivity contribution is 5.32. The lowest BCUT2D eigenvalue weighted by molar-refractivity contribution is -0.384. The quantitative estimate of drug-likeness (QED) is 0.597. The number of rotatable bonds is 7. The van der Waals surface area contributed by atoms with Crippen molar-refractivity contribution in [1.82, 2.24) is 5.32 Å². The fourth-order valence-corrected chi connectivity index (χ4v) is 1.78. The fourth-order valence-electron chi connectivity index (χ4n) is 1.78. The molecular weight excluding hydrogens is 228 g/mol. The van der Waals surface area contributed by atoms with E-state index in [0.717, 1.165) is 18.5 Å². The zero-order valence-corrected chi connectivity index (χ0v) is 11.3. The lowest BCUT2D eigenvalue weighted by Gasteiger charge is -2.19. The predicted octanol–water partition coefficient (Wildman–Crippen LogP) is 3.16. The third-order valence-electron chi connectivity index (χ3n) is 3.52. The number of hydrogen-bond donors (Lipinski definition) is 1. The molecule has 0 aliphatic rings. The topological polar surface area (TPSA) is 55.2 Å². The summed E-state index contributed by atoms with van der Waals surface area (Å²) in [4.78, 5) is 10.1. The predicted molar refractivity (Wildman–Crippen MR) is 73.7 cm³/mol. The molecule has 0 aromatic heterocycles. The zero-order valence-electron chi connectivity index (χ0n) is 11.3. The normalized spacial score (nSPS) is 14.2. The van der Waals surface area contributed by atoms with Crippen LogP contribution in [0.25, 0.3) is 0 Å². The van der Waals surface area contributed by atoms with Gasteiger partial charge in [0.25, 0.3) is 5.69 Å². The van der Waals surface area contributed by atoms with Gasteiger partial charge in [0.15, 0.2) is 0 Å². The Kier molecular flexibility index (Phi) is 5.78. The van der Waals surface area contributed by atoms with Crippen molar-refractivity contribution in [3.8, 4) is 0 Å². The van der Waals surface area contributed by atoms with Gasteiger partial charge < -0.3 is 5.32 Å². The molecule has 0 aliphatic heterocycles. The van der Waals surface area contributed by atoms with Gasteiger partial charge in [-0.3, -0.25) is 10.1 Å². The second kappa shape index (κ2) is 7.11. The molecule has 4 heteroatoms. The van der Waals surface area contributed by atoms with Crippen molar-refractivity contribution in [3.63, 3.8) is 0 Å². The number of hydrogen-bond acceptors (Lipinski definition) is 3. The third-order valence-corrected chi connectivity index (χ3v) is 3.52. The van der Waals surface area contributed by atoms with Crippen molar-refractivity contribution in [2.75, 3.05) is 6.54 Å². The average Bonchev–Trinajstić information content (AvgIpc) is 2.38. The van der Waals surface area contributed by atoms with E-state index < -0.39 is 0 Å². The number of nitro groups is 1. The molecule has 0 saturated carbocycles. The Morgan fingerprint density at radius 3 is 2.39 bits per heavy atom. The summed E-state index contributed by atoms with van der Waals surface area (Å²) < 4.78 is 0. The summed E-state index contributed by atoms with van der Waals surface area (Å²) in [5.41, 5.74) is 1.28. The maximum absolute atomic E-state index is 10.5. The summed E-state index contributed by atoms with van der Waals surface area (Å²) in [6, 6.07) is 7.29. The van der Waals surface area contributed by atoms with Crippen LogP contribution in [0.3, 0.4) is 0 Å². The van der Waals surface area contributed by atoms with Gasteiger partial charge in [-0.15, -0.1) is 0 Å². The summed E-state index contributed by atoms with van der Waals surface area (Å²) in [6.07, 6.45) is 2.07. The van der Waals surface area contributed by atoms with Crippen LogP contribution in [0.15, 0.2) is 24.3 Å². The maximum atomic E-state index is 10.5. The highest BCUT2D eigenvalue weighted by atomic mass is 16.6. The number of benzene rings is 1. The molecule has 100 valence electrons. The van der Waals surface area contributed by atoms with Gasteiger partial charge in [0.1, 0.15) is 0 Å². The molecule has 0 bridgehead atoms. The molecule has 2 atom stereocenters. The van der Waals surface area contributed by atoms with Gasteiger partial charge in [-0.1, -0.05) is 32.4 Å². The summed E-state index contributed by atoms with van der Waals surface area (Å²) in [5, 5.41) is 14.0. The van der Waals surface area contributed by atoms with Crippen LogP contribution in [0.4, 0.5) is 5.69 Å². The Morgan fingerprint density at radius 1 is 1.28 bits per heavy atom. The third kappa shape index (κ3) is 4.45. The van der Waals surface area contributed by atoms with Crippen LogP contribution in [-0.4, -0.2) is 17.5 Å². The van der Waals surface area contributed by atoms with E-state index in [9.17, 15) is 10.1 Å². The standard InChI is InChI=1S/C14H22N2O2/c1-4-11(2)12(3)15-10-9-13-5-7-14(8-6-13)16(17)18/h5-8,11-12,15H,4,9-10H2,1-3H3. The Labute approximate surface area is 109 Å². The highest BCUT2D eigenvalue weighted by Gasteiger charge is 2.09. The van der Waals surface area contributed by atoms with Gasteiger partial charge in [0, 0.05) is 18.2 Å². The summed E-state index contributed by atoms with van der Waals surface area (Å²) in [6.45, 7) is 7.54. The molecule has 1 aromatic rings. The minimum atomic E-state index is -0.368. The van der Waals surface area contributed by atoms with Gasteiger partial charge in [0.2, 0.25) is 0 Å². The number of nitro benzene ring substituents is 1. The lowest BCUT2D eigenvalue weighted by atomic mass is 10.0. The van der Waals surface area contributed by atoms with E-state index in [1.807, 2.05) is 12.1 Å². The van der Waals surface area contributed by atoms with Crippen molar-refractivity contribution >= 4 is 5.69 Å². The maximum Gasteiger partial charge on any atom is 0.269 e. The van der Waals surface area contributed by atoms with Crippen LogP contribution in [0.5, 0.6) is 0 Å². The van der Waals surface area contributed by atoms with Gasteiger partial charge in [0.05, 0.1) is 4.92 Å². The van der Waals surface area contributed by atoms with E-state index in [1.165, 1.54) is 6.42 Å². The Hall–Kier alpha value is -1.42. The molecule has 1 aromatic carbocycles. The van der Waals surface area contributed by atoms with Crippen LogP contribution < -0.4 is 5.32 Å². The van der Waals surface area contributed by atoms with E-state index >= 15 is 0 Å². The molecule has 0 spiro atoms. The van der Waals surface area contributed by atoms with Crippen molar-refractivity contribution < 1.29 is 4.92 Å². The monoisotopic (exact) mass is 250 g/mol. The SMILES string of the molecule is CCC(C)C(C)NCCc1ccc([N+](=O)[O-])cc1. The molecule has 2 unspecified atom stereocenters. The van der Waals surface area contributed by atoms with Gasteiger partial charge in [-0.05, 0) is 31.4 Å². The summed E-state index contributed by atoms with van der Waals surface area (Å²) in [7, 11) is 0. The smallest absolute Gasteiger partial charge is 0.269 e. The van der Waals surface area contributed by atoms with E-state index in [1.54, 1.807) is 12.1 Å². The number of non-ortho nitro benzene ring substituents is 1. The van der Waals surface area contributed by atoms with Crippen LogP contribution in [-0.2, 0) is 6.42 Å². The van der Waals surface area contributed by atoms with E-state index in [4.69, 9.17) is 0 Å². The van der Waals surface area contributed by atoms with Crippen LogP contribution >= 0.6 is 0 Å². The minimum absolute atomic E-state index is 0.152. The Balaban J connectivity index is 2.38. The molecule has 0 aliphatic carbocycles. The second-order valence-corrected chi connectivity index (χ2v) is 4.80. The molecule has 0 amide bonds. The van der Waals surface area contributed by atoms with Crippen LogP contribution in [0.1, 0.15) is 32.8 Å². The first-order valence-electron chi connectivity index (χ1n) is 6.51. The molecular formula is C14H22N2O2. The molecule has 1 N–H and O–H groups in total. The Morgan fingerprint density at radius 2 is 1.89 bits per heavy atom. The first-order valence-corrected chi connectivity index (χ1v) is 6.51. The van der Waals surface area contributed by atoms with Gasteiger partial charge in [-0.25, -0.2) is 0 Å². The molecule has 0 heterocycles. The first-order chi connectivity index (χ1) is 8.54. The molecule has 0 saturated heterocycles. The van der Waals surface area contributed by atoms with E-state index in [-0.39, 0.29) is 10.6 Å². The van der Waals surface area contributed by atoms with Crippen molar-refractivity contribution in [2.24, 2.45) is 5.92 Å². The average molecular weight is 250 g/mol. The van der Waals surface area contributed by atoms with Crippen molar-refractivity contribution in [1.29, 1.82) is 0 Å². The first kappa shape index (κ1) is 14.6. The molecule has 0 fully saturated rings. The molecule has 4 nitrogen and oxygen atoms in total. The van der Waals surface area contributed by atoms with Crippen molar-refractivity contribution in [2.45, 2.75) is 39.7 Å². The minimum Gasteiger partial charge on any atom is -0.314 e. The molecule has 18 heavy (non-hydrogen) atoms. The largest absolute Gasteiger partial charge is 0.314 e. The van der Waals surface area contributed by atoms with Crippen LogP contribution in [0, 0.1) is 16.0 Å². The van der Waals surface area contributed by atoms with E-state index in [2.05, 4.69) is 26.1 Å². The van der Waals surface area contributed by atoms with Crippen molar-refractivity contribution in [3.05, 3.63) is 39.9 Å². The number of nitrogens with one attached hydrogen (secondary N) is 1. The lowest BCUT2D eigenvalue weighted by Crippen LogP contribution is -2.33. The summed E-state index contributed by atoms with van der Waals surface area (Å²) >= 11 is 0. The fraction of sp³-hybridized carbons (Fsp3) is 0.571. The molecule has 0 radical (unpaired) electrons. The van der Waals surface area contributed by atoms with E-state index in [0.29, 0.717) is 12.0 Å². The Bertz CT molecular complexity index is 376. The zero-order chi connectivity index (χ0) is 13.5. The summed E-state index contributed by atoms with van der Waals surface area (Å²) in [5.74, 6) is 0.668. The van der Waals surface area contributed by atoms with Gasteiger partial charge in [-0.2, -0.15) is 0 Å². The van der Waals surface area contributed by atoms with Gasteiger partial charge >= 0.3 is 0 Å². The number of nitrogens with zero attached hydrogens (tertiary/aromatic N) is 1. The second-order valence-electron chi connectivity index (χ2n) is 4.80. The highest BCUT2D eigenvalue weighted by Crippen LogP contribution is 2.12. The molecule has 1 rings (SSSR count). The van der Waals surface area contributed by atoms with Crippen LogP contribution in [0.2, 0.25) is 0 Å².